The van der Waals surface area contributed by atoms with Crippen LogP contribution in [0, 0.1) is 0 Å². The summed E-state index contributed by atoms with van der Waals surface area (Å²) in [6, 6.07) is 15.0. The highest BCUT2D eigenvalue weighted by atomic mass is 16.5. The number of benzene rings is 2. The Balaban J connectivity index is 1.93. The molecule has 0 radical (unpaired) electrons. The molecule has 0 aromatic heterocycles. The normalized spacial score (nSPS) is 16.6. The second-order valence-electron chi connectivity index (χ2n) is 4.88. The molecule has 0 saturated carbocycles. The summed E-state index contributed by atoms with van der Waals surface area (Å²) in [6.07, 6.45) is 0.267. The number of carbonyl (C=O) groups is 1. The molecule has 1 heterocycles. The third-order valence-electron chi connectivity index (χ3n) is 3.27. The van der Waals surface area contributed by atoms with Crippen molar-refractivity contribution in [1.82, 2.24) is 0 Å². The second-order valence-corrected chi connectivity index (χ2v) is 4.88. The molecule has 1 aliphatic rings. The Bertz CT molecular complexity index is 640. The van der Waals surface area contributed by atoms with Crippen LogP contribution in [0.5, 0.6) is 11.5 Å². The molecular formula is C17H17NO3. The summed E-state index contributed by atoms with van der Waals surface area (Å²) in [6.45, 7) is 2.66. The smallest absolute Gasteiger partial charge is 0.270 e. The van der Waals surface area contributed by atoms with Crippen molar-refractivity contribution in [3.05, 3.63) is 54.1 Å². The molecule has 0 aliphatic carbocycles. The Morgan fingerprint density at radius 2 is 1.95 bits per heavy atom. The minimum Gasteiger partial charge on any atom is -0.490 e. The molecule has 3 rings (SSSR count). The minimum atomic E-state index is -0.648. The van der Waals surface area contributed by atoms with Crippen LogP contribution in [0.3, 0.4) is 0 Å². The molecule has 1 unspecified atom stereocenters. The van der Waals surface area contributed by atoms with Crippen molar-refractivity contribution >= 4 is 11.6 Å². The van der Waals surface area contributed by atoms with Crippen LogP contribution < -0.4 is 14.8 Å². The van der Waals surface area contributed by atoms with E-state index in [0.717, 1.165) is 12.0 Å². The lowest BCUT2D eigenvalue weighted by molar-refractivity contribution is -0.123. The van der Waals surface area contributed by atoms with Gasteiger partial charge in [0.15, 0.2) is 11.5 Å². The van der Waals surface area contributed by atoms with Crippen molar-refractivity contribution in [2.45, 2.75) is 19.4 Å². The predicted octanol–water partition coefficient (Wildman–Crippen LogP) is 3.55. The molecule has 0 fully saturated rings. The lowest BCUT2D eigenvalue weighted by atomic mass is 10.1. The molecule has 1 aliphatic heterocycles. The summed E-state index contributed by atoms with van der Waals surface area (Å²) in [5.74, 6) is 1.09. The quantitative estimate of drug-likeness (QED) is 0.933. The number of ether oxygens (including phenoxy) is 2. The van der Waals surface area contributed by atoms with Gasteiger partial charge in [-0.2, -0.15) is 0 Å². The van der Waals surface area contributed by atoms with E-state index < -0.39 is 6.10 Å². The fourth-order valence-electron chi connectivity index (χ4n) is 2.28. The maximum Gasteiger partial charge on any atom is 0.270 e. The topological polar surface area (TPSA) is 47.6 Å². The van der Waals surface area contributed by atoms with Gasteiger partial charge in [0.25, 0.3) is 5.91 Å². The predicted molar refractivity (Wildman–Crippen MR) is 80.7 cm³/mol. The highest BCUT2D eigenvalue weighted by molar-refractivity contribution is 5.99. The van der Waals surface area contributed by atoms with Crippen LogP contribution >= 0.6 is 0 Å². The molecule has 21 heavy (non-hydrogen) atoms. The number of carbonyl (C=O) groups excluding carboxylic acids is 1. The van der Waals surface area contributed by atoms with Gasteiger partial charge in [-0.3, -0.25) is 4.79 Å². The third-order valence-corrected chi connectivity index (χ3v) is 3.27. The molecule has 1 N–H and O–H groups in total. The van der Waals surface area contributed by atoms with Crippen molar-refractivity contribution in [1.29, 1.82) is 0 Å². The largest absolute Gasteiger partial charge is 0.490 e. The maximum absolute atomic E-state index is 12.2. The van der Waals surface area contributed by atoms with Crippen molar-refractivity contribution < 1.29 is 14.3 Å². The first-order chi connectivity index (χ1) is 10.3. The lowest BCUT2D eigenvalue weighted by Crippen LogP contribution is -2.30. The number of hydrogen-bond acceptors (Lipinski definition) is 3. The molecule has 0 bridgehead atoms. The van der Waals surface area contributed by atoms with Crippen LogP contribution in [0.4, 0.5) is 5.69 Å². The Kier molecular flexibility index (Phi) is 3.77. The maximum atomic E-state index is 12.2. The van der Waals surface area contributed by atoms with E-state index >= 15 is 0 Å². The van der Waals surface area contributed by atoms with Crippen LogP contribution in [0.15, 0.2) is 48.5 Å². The Morgan fingerprint density at radius 3 is 2.71 bits per heavy atom. The van der Waals surface area contributed by atoms with E-state index in [9.17, 15) is 4.79 Å². The third kappa shape index (κ3) is 2.70. The van der Waals surface area contributed by atoms with E-state index in [2.05, 4.69) is 5.32 Å². The van der Waals surface area contributed by atoms with E-state index in [0.29, 0.717) is 23.8 Å². The van der Waals surface area contributed by atoms with Gasteiger partial charge in [-0.05, 0) is 18.6 Å². The molecule has 4 heteroatoms. The van der Waals surface area contributed by atoms with E-state index in [1.165, 1.54) is 0 Å². The van der Waals surface area contributed by atoms with Gasteiger partial charge in [-0.15, -0.1) is 0 Å². The molecule has 0 spiro atoms. The number of anilines is 1. The zero-order chi connectivity index (χ0) is 14.7. The van der Waals surface area contributed by atoms with Gasteiger partial charge in [-0.25, -0.2) is 0 Å². The number of rotatable bonds is 4. The number of hydrogen-bond donors (Lipinski definition) is 1. The molecule has 1 atom stereocenters. The minimum absolute atomic E-state index is 0.165. The molecule has 108 valence electrons. The first-order valence-electron chi connectivity index (χ1n) is 7.08. The number of amides is 1. The first kappa shape index (κ1) is 13.5. The second kappa shape index (κ2) is 5.87. The van der Waals surface area contributed by atoms with Crippen molar-refractivity contribution in [2.24, 2.45) is 0 Å². The number of fused-ring (bicyclic) bond motifs is 1. The molecule has 2 aromatic rings. The Labute approximate surface area is 123 Å². The monoisotopic (exact) mass is 283 g/mol. The van der Waals surface area contributed by atoms with Crippen molar-refractivity contribution in [2.75, 3.05) is 11.9 Å². The van der Waals surface area contributed by atoms with E-state index in [1.54, 1.807) is 0 Å². The number of nitrogens with one attached hydrogen (secondary N) is 1. The Hall–Kier alpha value is -2.49. The number of para-hydroxylation sites is 1. The fraction of sp³-hybridized carbons (Fsp3) is 0.235. The van der Waals surface area contributed by atoms with Gasteiger partial charge in [0.1, 0.15) is 0 Å². The summed E-state index contributed by atoms with van der Waals surface area (Å²) in [5.41, 5.74) is 1.48. The van der Waals surface area contributed by atoms with Crippen LogP contribution in [0.1, 0.15) is 25.0 Å². The fourth-order valence-corrected chi connectivity index (χ4v) is 2.28. The van der Waals surface area contributed by atoms with Crippen LogP contribution in [-0.4, -0.2) is 12.5 Å². The lowest BCUT2D eigenvalue weighted by Gasteiger charge is -2.27. The Morgan fingerprint density at radius 1 is 1.14 bits per heavy atom. The zero-order valence-corrected chi connectivity index (χ0v) is 11.8. The van der Waals surface area contributed by atoms with Gasteiger partial charge in [0, 0.05) is 5.56 Å². The van der Waals surface area contributed by atoms with Crippen LogP contribution in [0.25, 0.3) is 0 Å². The van der Waals surface area contributed by atoms with E-state index in [4.69, 9.17) is 9.47 Å². The molecule has 4 nitrogen and oxygen atoms in total. The zero-order valence-electron chi connectivity index (χ0n) is 11.8. The van der Waals surface area contributed by atoms with Crippen molar-refractivity contribution in [3.63, 3.8) is 0 Å². The van der Waals surface area contributed by atoms with Gasteiger partial charge in [0.05, 0.1) is 12.3 Å². The average Bonchev–Trinajstić information content (AvgIpc) is 2.53. The van der Waals surface area contributed by atoms with Crippen molar-refractivity contribution in [3.8, 4) is 11.5 Å². The van der Waals surface area contributed by atoms with Gasteiger partial charge in [-0.1, -0.05) is 43.3 Å². The highest BCUT2D eigenvalue weighted by Crippen LogP contribution is 2.41. The highest BCUT2D eigenvalue weighted by Gasteiger charge is 2.30. The summed E-state index contributed by atoms with van der Waals surface area (Å²) < 4.78 is 11.6. The summed E-state index contributed by atoms with van der Waals surface area (Å²) >= 11 is 0. The summed E-state index contributed by atoms with van der Waals surface area (Å²) in [7, 11) is 0. The SMILES string of the molecule is CCCOc1cccc2c1OC(c1ccccc1)C(=O)N2. The van der Waals surface area contributed by atoms with Gasteiger partial charge in [0.2, 0.25) is 6.10 Å². The van der Waals surface area contributed by atoms with Gasteiger partial charge < -0.3 is 14.8 Å². The molecule has 1 amide bonds. The summed E-state index contributed by atoms with van der Waals surface area (Å²) in [4.78, 5) is 12.2. The first-order valence-corrected chi connectivity index (χ1v) is 7.08. The molecular weight excluding hydrogens is 266 g/mol. The van der Waals surface area contributed by atoms with E-state index in [-0.39, 0.29) is 5.91 Å². The van der Waals surface area contributed by atoms with Crippen LogP contribution in [-0.2, 0) is 4.79 Å². The molecule has 2 aromatic carbocycles. The van der Waals surface area contributed by atoms with E-state index in [1.807, 2.05) is 55.5 Å². The average molecular weight is 283 g/mol. The molecule has 0 saturated heterocycles. The summed E-state index contributed by atoms with van der Waals surface area (Å²) in [5, 5.41) is 2.88. The standard InChI is InChI=1S/C17H17NO3/c1-2-11-20-14-10-6-9-13-16(14)21-15(17(19)18-13)12-7-4-3-5-8-12/h3-10,15H,2,11H2,1H3,(H,18,19). The van der Waals surface area contributed by atoms with Crippen LogP contribution in [0.2, 0.25) is 0 Å². The van der Waals surface area contributed by atoms with Gasteiger partial charge >= 0.3 is 0 Å².